The van der Waals surface area contributed by atoms with Crippen molar-refractivity contribution in [2.75, 3.05) is 11.1 Å². The molecular formula is C19H18N6S. The van der Waals surface area contributed by atoms with Crippen LogP contribution in [0.4, 0.5) is 17.2 Å². The Morgan fingerprint density at radius 3 is 2.62 bits per heavy atom. The Bertz CT molecular complexity index is 1060. The van der Waals surface area contributed by atoms with Crippen LogP contribution in [0.5, 0.6) is 0 Å². The highest BCUT2D eigenvalue weighted by Crippen LogP contribution is 2.34. The van der Waals surface area contributed by atoms with Crippen LogP contribution in [0.15, 0.2) is 48.7 Å². The first kappa shape index (κ1) is 16.4. The van der Waals surface area contributed by atoms with Crippen molar-refractivity contribution in [3.05, 3.63) is 53.7 Å². The number of nitrogen functional groups attached to an aromatic ring is 1. The Hall–Kier alpha value is -3.06. The van der Waals surface area contributed by atoms with Gasteiger partial charge in [-0.3, -0.25) is 4.98 Å². The van der Waals surface area contributed by atoms with Crippen molar-refractivity contribution in [3.63, 3.8) is 0 Å². The normalized spacial score (nSPS) is 11.2. The van der Waals surface area contributed by atoms with E-state index in [9.17, 15) is 0 Å². The van der Waals surface area contributed by atoms with Crippen LogP contribution >= 0.6 is 11.3 Å². The second kappa shape index (κ2) is 6.68. The maximum absolute atomic E-state index is 6.24. The molecule has 4 rings (SSSR count). The Kier molecular flexibility index (Phi) is 4.22. The summed E-state index contributed by atoms with van der Waals surface area (Å²) in [5.74, 6) is 0.753. The Morgan fingerprint density at radius 2 is 1.88 bits per heavy atom. The highest BCUT2D eigenvalue weighted by molar-refractivity contribution is 7.14. The van der Waals surface area contributed by atoms with Crippen LogP contribution in [0, 0.1) is 0 Å². The molecule has 7 heteroatoms. The van der Waals surface area contributed by atoms with Crippen molar-refractivity contribution >= 4 is 39.6 Å². The largest absolute Gasteiger partial charge is 0.383 e. The molecule has 26 heavy (non-hydrogen) atoms. The van der Waals surface area contributed by atoms with Gasteiger partial charge in [-0.15, -0.1) is 10.2 Å². The standard InChI is InChI=1S/C19H18N6S/c1-11(2)18-24-25-19(26-18)13-10-15-16(23-17(13)20)14(8-9-21-15)22-12-6-4-3-5-7-12/h3-11H,1-2H3,(H2,20,23)(H,21,22). The summed E-state index contributed by atoms with van der Waals surface area (Å²) in [5.41, 5.74) is 10.3. The van der Waals surface area contributed by atoms with Crippen LogP contribution in [-0.2, 0) is 0 Å². The molecule has 6 nitrogen and oxygen atoms in total. The van der Waals surface area contributed by atoms with Gasteiger partial charge in [0.05, 0.1) is 16.8 Å². The zero-order valence-corrected chi connectivity index (χ0v) is 15.3. The van der Waals surface area contributed by atoms with Gasteiger partial charge in [-0.2, -0.15) is 0 Å². The van der Waals surface area contributed by atoms with E-state index >= 15 is 0 Å². The molecule has 1 aromatic carbocycles. The van der Waals surface area contributed by atoms with Crippen LogP contribution in [0.2, 0.25) is 0 Å². The molecule has 3 N–H and O–H groups in total. The second-order valence-electron chi connectivity index (χ2n) is 6.24. The van der Waals surface area contributed by atoms with Gasteiger partial charge in [-0.1, -0.05) is 43.4 Å². The zero-order valence-electron chi connectivity index (χ0n) is 14.5. The molecule has 3 aromatic heterocycles. The number of pyridine rings is 2. The van der Waals surface area contributed by atoms with Gasteiger partial charge < -0.3 is 11.1 Å². The summed E-state index contributed by atoms with van der Waals surface area (Å²) in [6.07, 6.45) is 1.76. The van der Waals surface area contributed by atoms with Crippen molar-refractivity contribution in [1.29, 1.82) is 0 Å². The van der Waals surface area contributed by atoms with E-state index in [1.165, 1.54) is 11.3 Å². The van der Waals surface area contributed by atoms with Crippen molar-refractivity contribution in [2.45, 2.75) is 19.8 Å². The lowest BCUT2D eigenvalue weighted by Crippen LogP contribution is -1.99. The summed E-state index contributed by atoms with van der Waals surface area (Å²) in [6.45, 7) is 4.19. The number of hydrogen-bond acceptors (Lipinski definition) is 7. The number of benzene rings is 1. The monoisotopic (exact) mass is 362 g/mol. The van der Waals surface area contributed by atoms with Crippen LogP contribution < -0.4 is 11.1 Å². The third kappa shape index (κ3) is 3.09. The Morgan fingerprint density at radius 1 is 1.08 bits per heavy atom. The first-order valence-corrected chi connectivity index (χ1v) is 9.14. The molecule has 0 aliphatic carbocycles. The topological polar surface area (TPSA) is 89.6 Å². The molecule has 3 heterocycles. The summed E-state index contributed by atoms with van der Waals surface area (Å²) < 4.78 is 0. The number of nitrogens with zero attached hydrogens (tertiary/aromatic N) is 4. The van der Waals surface area contributed by atoms with Crippen LogP contribution in [-0.4, -0.2) is 20.2 Å². The van der Waals surface area contributed by atoms with Crippen molar-refractivity contribution < 1.29 is 0 Å². The summed E-state index contributed by atoms with van der Waals surface area (Å²) >= 11 is 1.54. The summed E-state index contributed by atoms with van der Waals surface area (Å²) in [4.78, 5) is 9.04. The molecule has 0 aliphatic rings. The molecule has 0 aliphatic heterocycles. The Balaban J connectivity index is 1.78. The number of aromatic nitrogens is 4. The first-order valence-electron chi connectivity index (χ1n) is 8.33. The van der Waals surface area contributed by atoms with E-state index in [0.29, 0.717) is 11.7 Å². The maximum atomic E-state index is 6.24. The van der Waals surface area contributed by atoms with Crippen molar-refractivity contribution in [1.82, 2.24) is 20.2 Å². The van der Waals surface area contributed by atoms with Gasteiger partial charge in [0, 0.05) is 17.8 Å². The summed E-state index contributed by atoms with van der Waals surface area (Å²) in [5, 5.41) is 13.6. The first-order chi connectivity index (χ1) is 12.6. The number of anilines is 3. The fraction of sp³-hybridized carbons (Fsp3) is 0.158. The number of nitrogens with one attached hydrogen (secondary N) is 1. The SMILES string of the molecule is CC(C)c1nnc(-c2cc3nccc(Nc4ccccc4)c3nc2N)s1. The summed E-state index contributed by atoms with van der Waals surface area (Å²) in [6, 6.07) is 13.8. The summed E-state index contributed by atoms with van der Waals surface area (Å²) in [7, 11) is 0. The minimum atomic E-state index is 0.329. The van der Waals surface area contributed by atoms with Gasteiger partial charge in [-0.05, 0) is 24.3 Å². The van der Waals surface area contributed by atoms with Crippen molar-refractivity contribution in [2.24, 2.45) is 0 Å². The van der Waals surface area contributed by atoms with Crippen LogP contribution in [0.1, 0.15) is 24.8 Å². The van der Waals surface area contributed by atoms with Crippen molar-refractivity contribution in [3.8, 4) is 10.6 Å². The van der Waals surface area contributed by atoms with E-state index in [1.54, 1.807) is 6.20 Å². The molecule has 0 fully saturated rings. The molecule has 0 saturated carbocycles. The lowest BCUT2D eigenvalue weighted by atomic mass is 10.2. The third-order valence-corrected chi connectivity index (χ3v) is 5.22. The zero-order chi connectivity index (χ0) is 18.1. The van der Waals surface area contributed by atoms with Gasteiger partial charge in [0.2, 0.25) is 0 Å². The van der Waals surface area contributed by atoms with E-state index in [2.05, 4.69) is 39.3 Å². The molecule has 0 unspecified atom stereocenters. The highest BCUT2D eigenvalue weighted by Gasteiger charge is 2.15. The molecule has 4 aromatic rings. The predicted molar refractivity (Wildman–Crippen MR) is 107 cm³/mol. The minimum Gasteiger partial charge on any atom is -0.383 e. The molecule has 130 valence electrons. The Labute approximate surface area is 155 Å². The number of hydrogen-bond donors (Lipinski definition) is 2. The molecular weight excluding hydrogens is 344 g/mol. The van der Waals surface area contributed by atoms with Gasteiger partial charge in [0.25, 0.3) is 0 Å². The molecule has 0 saturated heterocycles. The minimum absolute atomic E-state index is 0.329. The van der Waals surface area contributed by atoms with E-state index in [-0.39, 0.29) is 0 Å². The fourth-order valence-corrected chi connectivity index (χ4v) is 3.48. The predicted octanol–water partition coefficient (Wildman–Crippen LogP) is 4.60. The van der Waals surface area contributed by atoms with E-state index in [4.69, 9.17) is 5.73 Å². The van der Waals surface area contributed by atoms with Gasteiger partial charge in [-0.25, -0.2) is 4.98 Å². The van der Waals surface area contributed by atoms with Gasteiger partial charge in [0.1, 0.15) is 16.3 Å². The van der Waals surface area contributed by atoms with E-state index in [0.717, 1.165) is 38.0 Å². The van der Waals surface area contributed by atoms with Crippen LogP contribution in [0.3, 0.4) is 0 Å². The molecule has 0 bridgehead atoms. The number of fused-ring (bicyclic) bond motifs is 1. The molecule has 0 amide bonds. The molecule has 0 spiro atoms. The average Bonchev–Trinajstić information content (AvgIpc) is 3.13. The number of para-hydroxylation sites is 1. The van der Waals surface area contributed by atoms with E-state index in [1.807, 2.05) is 42.5 Å². The van der Waals surface area contributed by atoms with Crippen LogP contribution in [0.25, 0.3) is 21.6 Å². The quantitative estimate of drug-likeness (QED) is 0.551. The maximum Gasteiger partial charge on any atom is 0.151 e. The lowest BCUT2D eigenvalue weighted by Gasteiger charge is -2.10. The van der Waals surface area contributed by atoms with E-state index < -0.39 is 0 Å². The smallest absolute Gasteiger partial charge is 0.151 e. The molecule has 0 radical (unpaired) electrons. The molecule has 0 atom stereocenters. The highest BCUT2D eigenvalue weighted by atomic mass is 32.1. The second-order valence-corrected chi connectivity index (χ2v) is 7.25. The number of nitrogens with two attached hydrogens (primary N) is 1. The van der Waals surface area contributed by atoms with Gasteiger partial charge in [0.15, 0.2) is 5.01 Å². The number of rotatable bonds is 4. The van der Waals surface area contributed by atoms with Gasteiger partial charge >= 0.3 is 0 Å². The third-order valence-electron chi connectivity index (χ3n) is 3.96. The average molecular weight is 362 g/mol. The fourth-order valence-electron chi connectivity index (χ4n) is 2.61. The lowest BCUT2D eigenvalue weighted by molar-refractivity contribution is 0.825.